The van der Waals surface area contributed by atoms with Gasteiger partial charge < -0.3 is 14.5 Å². The zero-order valence-electron chi connectivity index (χ0n) is 15.8. The highest BCUT2D eigenvalue weighted by Gasteiger charge is 2.35. The minimum atomic E-state index is -4.75. The lowest BCUT2D eigenvalue weighted by atomic mass is 10.2. The van der Waals surface area contributed by atoms with Gasteiger partial charge in [0.2, 0.25) is 0 Å². The number of fused-ring (bicyclic) bond motifs is 1. The number of carbonyl (C=O) groups excluding carboxylic acids is 1. The lowest BCUT2D eigenvalue weighted by molar-refractivity contribution is -0.139. The van der Waals surface area contributed by atoms with E-state index in [2.05, 4.69) is 4.98 Å². The van der Waals surface area contributed by atoms with Crippen LogP contribution in [0.15, 0.2) is 12.1 Å². The molecule has 0 unspecified atom stereocenters. The van der Waals surface area contributed by atoms with E-state index in [-0.39, 0.29) is 10.2 Å². The number of alkyl halides is 3. The number of amides is 1. The average Bonchev–Trinajstić information content (AvgIpc) is 2.79. The van der Waals surface area contributed by atoms with Crippen LogP contribution in [0, 0.1) is 5.82 Å². The molecule has 0 bridgehead atoms. The zero-order chi connectivity index (χ0) is 20.7. The van der Waals surface area contributed by atoms with Gasteiger partial charge in [0.15, 0.2) is 5.13 Å². The number of anilines is 1. The summed E-state index contributed by atoms with van der Waals surface area (Å²) < 4.78 is 58.2. The number of hydrogen-bond acceptors (Lipinski definition) is 5. The van der Waals surface area contributed by atoms with Crippen molar-refractivity contribution in [2.45, 2.75) is 39.0 Å². The Morgan fingerprint density at radius 2 is 1.86 bits per heavy atom. The molecule has 1 fully saturated rings. The van der Waals surface area contributed by atoms with Gasteiger partial charge in [0.25, 0.3) is 0 Å². The Bertz CT molecular complexity index is 876. The summed E-state index contributed by atoms with van der Waals surface area (Å²) in [5.41, 5.74) is -1.68. The van der Waals surface area contributed by atoms with Crippen LogP contribution in [-0.2, 0) is 10.9 Å². The van der Waals surface area contributed by atoms with E-state index in [1.54, 1.807) is 25.7 Å². The fourth-order valence-electron chi connectivity index (χ4n) is 2.91. The Morgan fingerprint density at radius 1 is 1.14 bits per heavy atom. The van der Waals surface area contributed by atoms with Gasteiger partial charge >= 0.3 is 12.3 Å². The molecule has 1 saturated heterocycles. The van der Waals surface area contributed by atoms with Gasteiger partial charge in [-0.1, -0.05) is 11.3 Å². The molecule has 0 spiro atoms. The first-order chi connectivity index (χ1) is 12.9. The lowest BCUT2D eigenvalue weighted by Crippen LogP contribution is -2.39. The Morgan fingerprint density at radius 3 is 2.50 bits per heavy atom. The van der Waals surface area contributed by atoms with Crippen molar-refractivity contribution in [2.75, 3.05) is 31.1 Å². The third kappa shape index (κ3) is 4.65. The summed E-state index contributed by atoms with van der Waals surface area (Å²) in [5, 5.41) is 0.514. The third-order valence-electron chi connectivity index (χ3n) is 4.19. The summed E-state index contributed by atoms with van der Waals surface area (Å²) in [4.78, 5) is 20.1. The molecule has 28 heavy (non-hydrogen) atoms. The Kier molecular flexibility index (Phi) is 5.44. The SMILES string of the molecule is CC(C)(C)OC(=O)N1CCCN(c2nc3cc(F)c(C(F)(F)F)cc3s2)CC1. The summed E-state index contributed by atoms with van der Waals surface area (Å²) in [6.45, 7) is 7.37. The fourth-order valence-corrected chi connectivity index (χ4v) is 3.94. The first-order valence-corrected chi connectivity index (χ1v) is 9.66. The molecule has 1 aromatic carbocycles. The van der Waals surface area contributed by atoms with Crippen LogP contribution < -0.4 is 4.90 Å². The number of hydrogen-bond donors (Lipinski definition) is 0. The van der Waals surface area contributed by atoms with Crippen LogP contribution in [0.5, 0.6) is 0 Å². The van der Waals surface area contributed by atoms with Gasteiger partial charge in [-0.05, 0) is 33.3 Å². The van der Waals surface area contributed by atoms with E-state index in [1.165, 1.54) is 0 Å². The molecule has 10 heteroatoms. The highest BCUT2D eigenvalue weighted by atomic mass is 32.1. The van der Waals surface area contributed by atoms with Crippen molar-refractivity contribution in [3.05, 3.63) is 23.5 Å². The predicted octanol–water partition coefficient (Wildman–Crippen LogP) is 4.90. The van der Waals surface area contributed by atoms with Crippen molar-refractivity contribution in [2.24, 2.45) is 0 Å². The van der Waals surface area contributed by atoms with Crippen molar-refractivity contribution >= 4 is 32.8 Å². The largest absolute Gasteiger partial charge is 0.444 e. The van der Waals surface area contributed by atoms with E-state index in [9.17, 15) is 22.4 Å². The third-order valence-corrected chi connectivity index (χ3v) is 5.27. The second kappa shape index (κ2) is 7.38. The molecule has 0 saturated carbocycles. The van der Waals surface area contributed by atoms with E-state index < -0.39 is 29.3 Å². The Labute approximate surface area is 163 Å². The number of thiazole rings is 1. The van der Waals surface area contributed by atoms with Gasteiger partial charge in [-0.15, -0.1) is 0 Å². The molecule has 0 radical (unpaired) electrons. The standard InChI is InChI=1S/C18H21F4N3O2S/c1-17(2,3)27-16(26)25-6-4-5-24(7-8-25)15-23-13-10-12(19)11(18(20,21)22)9-14(13)28-15/h9-10H,4-8H2,1-3H3. The molecule has 1 amide bonds. The minimum Gasteiger partial charge on any atom is -0.444 e. The van der Waals surface area contributed by atoms with Crippen LogP contribution in [0.4, 0.5) is 27.5 Å². The molecule has 0 aliphatic carbocycles. The molecule has 1 aliphatic rings. The molecule has 5 nitrogen and oxygen atoms in total. The number of ether oxygens (including phenoxy) is 1. The summed E-state index contributed by atoms with van der Waals surface area (Å²) in [7, 11) is 0. The van der Waals surface area contributed by atoms with E-state index in [0.29, 0.717) is 37.7 Å². The minimum absolute atomic E-state index is 0.193. The van der Waals surface area contributed by atoms with Gasteiger partial charge in [-0.3, -0.25) is 0 Å². The smallest absolute Gasteiger partial charge is 0.419 e. The summed E-state index contributed by atoms with van der Waals surface area (Å²) in [6.07, 6.45) is -4.48. The highest BCUT2D eigenvalue weighted by Crippen LogP contribution is 2.37. The number of nitrogens with zero attached hydrogens (tertiary/aromatic N) is 3. The van der Waals surface area contributed by atoms with Gasteiger partial charge in [0, 0.05) is 32.2 Å². The van der Waals surface area contributed by atoms with E-state index in [0.717, 1.165) is 23.5 Å². The molecule has 1 aliphatic heterocycles. The van der Waals surface area contributed by atoms with E-state index >= 15 is 0 Å². The van der Waals surface area contributed by atoms with Gasteiger partial charge in [0.1, 0.15) is 11.4 Å². The number of benzene rings is 1. The average molecular weight is 419 g/mol. The maximum Gasteiger partial charge on any atom is 0.419 e. The summed E-state index contributed by atoms with van der Waals surface area (Å²) in [5.74, 6) is -1.33. The number of aromatic nitrogens is 1. The molecule has 0 atom stereocenters. The summed E-state index contributed by atoms with van der Waals surface area (Å²) >= 11 is 1.09. The van der Waals surface area contributed by atoms with Gasteiger partial charge in [-0.2, -0.15) is 13.2 Å². The quantitative estimate of drug-likeness (QED) is 0.617. The van der Waals surface area contributed by atoms with Crippen molar-refractivity contribution in [3.8, 4) is 0 Å². The van der Waals surface area contributed by atoms with Crippen molar-refractivity contribution in [3.63, 3.8) is 0 Å². The van der Waals surface area contributed by atoms with Crippen LogP contribution in [0.1, 0.15) is 32.8 Å². The molecule has 1 aromatic heterocycles. The number of halogens is 4. The van der Waals surface area contributed by atoms with E-state index in [1.807, 2.05) is 4.90 Å². The van der Waals surface area contributed by atoms with E-state index in [4.69, 9.17) is 4.74 Å². The normalized spacial score (nSPS) is 16.4. The molecule has 3 rings (SSSR count). The number of rotatable bonds is 1. The first-order valence-electron chi connectivity index (χ1n) is 8.84. The highest BCUT2D eigenvalue weighted by molar-refractivity contribution is 7.22. The molecule has 2 heterocycles. The first kappa shape index (κ1) is 20.6. The maximum absolute atomic E-state index is 13.8. The Balaban J connectivity index is 1.77. The molecule has 2 aromatic rings. The lowest BCUT2D eigenvalue weighted by Gasteiger charge is -2.26. The monoisotopic (exact) mass is 419 g/mol. The van der Waals surface area contributed by atoms with Crippen molar-refractivity contribution < 1.29 is 27.1 Å². The second-order valence-electron chi connectivity index (χ2n) is 7.60. The van der Waals surface area contributed by atoms with Crippen molar-refractivity contribution in [1.82, 2.24) is 9.88 Å². The molecule has 0 N–H and O–H groups in total. The summed E-state index contributed by atoms with van der Waals surface area (Å²) in [6, 6.07) is 1.62. The number of carbonyl (C=O) groups is 1. The molecular weight excluding hydrogens is 398 g/mol. The second-order valence-corrected chi connectivity index (χ2v) is 8.61. The fraction of sp³-hybridized carbons (Fsp3) is 0.556. The van der Waals surface area contributed by atoms with Crippen molar-refractivity contribution in [1.29, 1.82) is 0 Å². The van der Waals surface area contributed by atoms with Gasteiger partial charge in [-0.25, -0.2) is 14.2 Å². The Hall–Kier alpha value is -2.10. The zero-order valence-corrected chi connectivity index (χ0v) is 16.6. The van der Waals surface area contributed by atoms with Crippen LogP contribution in [-0.4, -0.2) is 47.8 Å². The molecular formula is C18H21F4N3O2S. The predicted molar refractivity (Wildman–Crippen MR) is 99.2 cm³/mol. The van der Waals surface area contributed by atoms with Crippen LogP contribution in [0.3, 0.4) is 0 Å². The van der Waals surface area contributed by atoms with Crippen LogP contribution in [0.25, 0.3) is 10.2 Å². The van der Waals surface area contributed by atoms with Crippen LogP contribution >= 0.6 is 11.3 Å². The maximum atomic E-state index is 13.8. The topological polar surface area (TPSA) is 45.7 Å². The van der Waals surface area contributed by atoms with Gasteiger partial charge in [0.05, 0.1) is 15.8 Å². The molecule has 154 valence electrons. The van der Waals surface area contributed by atoms with Crippen LogP contribution in [0.2, 0.25) is 0 Å².